The third-order valence-corrected chi connectivity index (χ3v) is 11.0. The number of nitrogens with zero attached hydrogens (tertiary/aromatic N) is 6. The monoisotopic (exact) mass is 740 g/mol. The second-order valence-electron chi connectivity index (χ2n) is 13.4. The molecule has 0 N–H and O–H groups in total. The van der Waals surface area contributed by atoms with Gasteiger partial charge in [0.2, 0.25) is 5.89 Å². The second-order valence-corrected chi connectivity index (χ2v) is 14.4. The smallest absolute Gasteiger partial charge is 0.227 e. The Morgan fingerprint density at radius 3 is 2.00 bits per heavy atom. The summed E-state index contributed by atoms with van der Waals surface area (Å²) in [4.78, 5) is 24.6. The van der Waals surface area contributed by atoms with Crippen LogP contribution in [0.2, 0.25) is 0 Å². The number of aromatic nitrogens is 6. The van der Waals surface area contributed by atoms with Crippen molar-refractivity contribution in [2.24, 2.45) is 0 Å². The maximum absolute atomic E-state index is 6.35. The minimum atomic E-state index is 0.525. The molecule has 0 spiro atoms. The van der Waals surface area contributed by atoms with Crippen LogP contribution in [-0.4, -0.2) is 29.5 Å². The minimum absolute atomic E-state index is 0.525. The summed E-state index contributed by atoms with van der Waals surface area (Å²) in [5.41, 5.74) is 11.2. The fraction of sp³-hybridized carbons (Fsp3) is 0.0208. The fourth-order valence-electron chi connectivity index (χ4n) is 7.15. The number of benzene rings is 6. The van der Waals surface area contributed by atoms with Crippen LogP contribution in [0.5, 0.6) is 0 Å². The van der Waals surface area contributed by atoms with Gasteiger partial charge in [0.25, 0.3) is 0 Å². The standard InChI is InChI=1S/C48H32N6OS/c1-3-31(28-38-30(2)54(41-23-12-10-21-37(38)41)48-50-39-22-11-13-24-43(39)56-48)34-19-14-20-36(27-34)47-49-40-29-35(25-26-42(40)55-47)46-52-44(32-15-6-4-7-16-32)51-45(53-46)33-17-8-5-9-18-33/h3-29H,1H2,2H3/b31-28+. The summed E-state index contributed by atoms with van der Waals surface area (Å²) < 4.78 is 9.78. The molecule has 0 radical (unpaired) electrons. The first kappa shape index (κ1) is 33.3. The Balaban J connectivity index is 1.02. The molecule has 0 saturated carbocycles. The third kappa shape index (κ3) is 5.98. The predicted molar refractivity (Wildman–Crippen MR) is 228 cm³/mol. The molecule has 0 aliphatic carbocycles. The number of hydrogen-bond acceptors (Lipinski definition) is 7. The van der Waals surface area contributed by atoms with Crippen molar-refractivity contribution in [1.82, 2.24) is 29.5 Å². The zero-order valence-corrected chi connectivity index (χ0v) is 31.1. The molecule has 10 rings (SSSR count). The second kappa shape index (κ2) is 13.8. The summed E-state index contributed by atoms with van der Waals surface area (Å²) in [5.74, 6) is 2.30. The van der Waals surface area contributed by atoms with Crippen LogP contribution in [0.1, 0.15) is 16.8 Å². The Bertz CT molecular complexity index is 3030. The zero-order valence-electron chi connectivity index (χ0n) is 30.3. The summed E-state index contributed by atoms with van der Waals surface area (Å²) >= 11 is 1.70. The topological polar surface area (TPSA) is 82.5 Å². The first-order chi connectivity index (χ1) is 27.6. The minimum Gasteiger partial charge on any atom is -0.436 e. The van der Waals surface area contributed by atoms with E-state index >= 15 is 0 Å². The van der Waals surface area contributed by atoms with Gasteiger partial charge in [0, 0.05) is 38.9 Å². The van der Waals surface area contributed by atoms with Gasteiger partial charge in [0.05, 0.1) is 15.7 Å². The highest BCUT2D eigenvalue weighted by atomic mass is 32.1. The van der Waals surface area contributed by atoms with Gasteiger partial charge in [0.15, 0.2) is 28.2 Å². The van der Waals surface area contributed by atoms with Gasteiger partial charge >= 0.3 is 0 Å². The molecule has 0 fully saturated rings. The van der Waals surface area contributed by atoms with Gasteiger partial charge in [-0.05, 0) is 72.7 Å². The van der Waals surface area contributed by atoms with Crippen LogP contribution in [0.25, 0.3) is 94.6 Å². The molecule has 0 bridgehead atoms. The maximum Gasteiger partial charge on any atom is 0.227 e. The lowest BCUT2D eigenvalue weighted by molar-refractivity contribution is 0.620. The van der Waals surface area contributed by atoms with Crippen molar-refractivity contribution < 1.29 is 4.42 Å². The maximum atomic E-state index is 6.35. The molecule has 4 heterocycles. The van der Waals surface area contributed by atoms with Gasteiger partial charge in [0.1, 0.15) is 5.52 Å². The Morgan fingerprint density at radius 2 is 1.27 bits per heavy atom. The summed E-state index contributed by atoms with van der Waals surface area (Å²) in [6.45, 7) is 6.38. The Labute approximate surface area is 326 Å². The molecule has 0 saturated heterocycles. The molecule has 0 atom stereocenters. The van der Waals surface area contributed by atoms with Crippen molar-refractivity contribution in [1.29, 1.82) is 0 Å². The lowest BCUT2D eigenvalue weighted by atomic mass is 9.99. The molecule has 0 aliphatic rings. The van der Waals surface area contributed by atoms with E-state index in [1.165, 1.54) is 0 Å². The normalized spacial score (nSPS) is 11.8. The highest BCUT2D eigenvalue weighted by Gasteiger charge is 2.19. The number of oxazole rings is 1. The van der Waals surface area contributed by atoms with Crippen molar-refractivity contribution >= 4 is 55.2 Å². The molecular formula is C48H32N6OS. The van der Waals surface area contributed by atoms with Crippen LogP contribution in [0.3, 0.4) is 0 Å². The summed E-state index contributed by atoms with van der Waals surface area (Å²) in [6.07, 6.45) is 4.12. The van der Waals surface area contributed by atoms with Crippen LogP contribution >= 0.6 is 11.3 Å². The van der Waals surface area contributed by atoms with Gasteiger partial charge in [-0.3, -0.25) is 4.57 Å². The van der Waals surface area contributed by atoms with Gasteiger partial charge in [-0.15, -0.1) is 0 Å². The van der Waals surface area contributed by atoms with E-state index in [0.717, 1.165) is 70.9 Å². The van der Waals surface area contributed by atoms with E-state index in [9.17, 15) is 0 Å². The molecule has 6 aromatic carbocycles. The van der Waals surface area contributed by atoms with Gasteiger partial charge in [-0.25, -0.2) is 24.9 Å². The molecule has 0 amide bonds. The van der Waals surface area contributed by atoms with E-state index in [-0.39, 0.29) is 0 Å². The Hall–Kier alpha value is -7.29. The largest absolute Gasteiger partial charge is 0.436 e. The quantitative estimate of drug-likeness (QED) is 0.144. The van der Waals surface area contributed by atoms with Crippen LogP contribution in [-0.2, 0) is 0 Å². The summed E-state index contributed by atoms with van der Waals surface area (Å²) in [6, 6.07) is 50.8. The SMILES string of the molecule is C=C/C(=C\c1c(C)n(-c2nc3ccccc3s2)c2ccccc12)c1cccc(-c2nc3cc(-c4nc(-c5ccccc5)nc(-c5ccccc5)n4)ccc3o2)c1. The highest BCUT2D eigenvalue weighted by molar-refractivity contribution is 7.20. The summed E-state index contributed by atoms with van der Waals surface area (Å²) in [7, 11) is 0. The number of allylic oxidation sites excluding steroid dienone is 2. The Kier molecular flexibility index (Phi) is 8.23. The first-order valence-electron chi connectivity index (χ1n) is 18.3. The van der Waals surface area contributed by atoms with Crippen LogP contribution in [0.4, 0.5) is 0 Å². The van der Waals surface area contributed by atoms with Gasteiger partial charge < -0.3 is 4.42 Å². The number of para-hydroxylation sites is 2. The van der Waals surface area contributed by atoms with E-state index in [4.69, 9.17) is 29.3 Å². The molecule has 0 unspecified atom stereocenters. The van der Waals surface area contributed by atoms with Crippen molar-refractivity contribution in [2.45, 2.75) is 6.92 Å². The van der Waals surface area contributed by atoms with Crippen LogP contribution in [0.15, 0.2) is 169 Å². The average molecular weight is 741 g/mol. The molecule has 266 valence electrons. The molecule has 8 heteroatoms. The number of hydrogen-bond donors (Lipinski definition) is 0. The zero-order chi connectivity index (χ0) is 37.6. The molecule has 4 aromatic heterocycles. The number of rotatable bonds is 8. The van der Waals surface area contributed by atoms with Crippen molar-refractivity contribution in [3.05, 3.63) is 181 Å². The lowest BCUT2D eigenvalue weighted by Crippen LogP contribution is -2.00. The van der Waals surface area contributed by atoms with E-state index in [0.29, 0.717) is 34.5 Å². The highest BCUT2D eigenvalue weighted by Crippen LogP contribution is 2.36. The molecule has 0 aliphatic heterocycles. The third-order valence-electron chi connectivity index (χ3n) is 9.94. The average Bonchev–Trinajstić information content (AvgIpc) is 3.96. The Morgan fingerprint density at radius 1 is 0.607 bits per heavy atom. The molecule has 56 heavy (non-hydrogen) atoms. The summed E-state index contributed by atoms with van der Waals surface area (Å²) in [5, 5.41) is 2.10. The lowest BCUT2D eigenvalue weighted by Gasteiger charge is -2.08. The van der Waals surface area contributed by atoms with E-state index < -0.39 is 0 Å². The molecular weight excluding hydrogens is 709 g/mol. The van der Waals surface area contributed by atoms with Gasteiger partial charge in [-0.1, -0.05) is 127 Å². The number of thiazole rings is 1. The predicted octanol–water partition coefficient (Wildman–Crippen LogP) is 12.3. The van der Waals surface area contributed by atoms with Crippen LogP contribution < -0.4 is 0 Å². The van der Waals surface area contributed by atoms with Crippen LogP contribution in [0, 0.1) is 6.92 Å². The molecule has 7 nitrogen and oxygen atoms in total. The first-order valence-corrected chi connectivity index (χ1v) is 19.1. The molecule has 10 aromatic rings. The van der Waals surface area contributed by atoms with Crippen molar-refractivity contribution in [3.8, 4) is 50.7 Å². The fourth-order valence-corrected chi connectivity index (χ4v) is 8.18. The van der Waals surface area contributed by atoms with Gasteiger partial charge in [-0.2, -0.15) is 0 Å². The van der Waals surface area contributed by atoms with E-state index in [1.807, 2.05) is 103 Å². The van der Waals surface area contributed by atoms with E-state index in [2.05, 4.69) is 78.7 Å². The van der Waals surface area contributed by atoms with E-state index in [1.54, 1.807) is 11.3 Å². The van der Waals surface area contributed by atoms with Crippen molar-refractivity contribution in [2.75, 3.05) is 0 Å². The van der Waals surface area contributed by atoms with Crippen molar-refractivity contribution in [3.63, 3.8) is 0 Å². The number of fused-ring (bicyclic) bond motifs is 3.